The SMILES string of the molecule is CC(=O)NC1[C@H](OC(C)C)OC(COC(C)=O)[C@@H](OC(C)=O)[C@@H]1OC(C)=O. The van der Waals surface area contributed by atoms with E-state index in [2.05, 4.69) is 5.32 Å². The van der Waals surface area contributed by atoms with Crippen molar-refractivity contribution < 1.29 is 42.9 Å². The monoisotopic (exact) mass is 389 g/mol. The fourth-order valence-corrected chi connectivity index (χ4v) is 2.68. The van der Waals surface area contributed by atoms with Crippen molar-refractivity contribution in [2.75, 3.05) is 6.61 Å². The van der Waals surface area contributed by atoms with Crippen LogP contribution in [-0.2, 0) is 42.9 Å². The second-order valence-corrected chi connectivity index (χ2v) is 6.40. The summed E-state index contributed by atoms with van der Waals surface area (Å²) in [6.45, 7) is 8.12. The second kappa shape index (κ2) is 10.2. The van der Waals surface area contributed by atoms with Gasteiger partial charge in [0.05, 0.1) is 6.10 Å². The Hall–Kier alpha value is -2.20. The summed E-state index contributed by atoms with van der Waals surface area (Å²) in [4.78, 5) is 46.0. The van der Waals surface area contributed by atoms with Crippen molar-refractivity contribution in [1.82, 2.24) is 5.32 Å². The van der Waals surface area contributed by atoms with E-state index in [0.717, 1.165) is 0 Å². The Bertz CT molecular complexity index is 563. The zero-order valence-electron chi connectivity index (χ0n) is 16.3. The molecule has 1 rings (SSSR count). The van der Waals surface area contributed by atoms with Crippen LogP contribution in [0.5, 0.6) is 0 Å². The van der Waals surface area contributed by atoms with Gasteiger partial charge in [-0.1, -0.05) is 0 Å². The lowest BCUT2D eigenvalue weighted by Gasteiger charge is -2.45. The first-order valence-corrected chi connectivity index (χ1v) is 8.57. The standard InChI is InChI=1S/C17H27NO9/c1-8(2)24-17-14(18-9(3)19)16(26-12(6)22)15(25-11(5)21)13(27-17)7-23-10(4)20/h8,13-17H,7H2,1-6H3,(H,18,19)/t13?,14?,15-,16-,17-/m1/s1. The number of carbonyl (C=O) groups is 4. The minimum absolute atomic E-state index is 0.254. The number of ether oxygens (including phenoxy) is 5. The van der Waals surface area contributed by atoms with Gasteiger partial charge >= 0.3 is 17.9 Å². The van der Waals surface area contributed by atoms with E-state index in [0.29, 0.717) is 0 Å². The molecule has 154 valence electrons. The Balaban J connectivity index is 3.27. The first kappa shape index (κ1) is 22.8. The molecule has 1 aliphatic rings. The molecular weight excluding hydrogens is 362 g/mol. The Morgan fingerprint density at radius 2 is 1.48 bits per heavy atom. The number of esters is 3. The second-order valence-electron chi connectivity index (χ2n) is 6.40. The minimum atomic E-state index is -1.12. The predicted molar refractivity (Wildman–Crippen MR) is 90.2 cm³/mol. The van der Waals surface area contributed by atoms with Crippen molar-refractivity contribution in [1.29, 1.82) is 0 Å². The van der Waals surface area contributed by atoms with Crippen LogP contribution in [0.1, 0.15) is 41.5 Å². The molecule has 1 heterocycles. The van der Waals surface area contributed by atoms with Gasteiger partial charge in [0.25, 0.3) is 0 Å². The average molecular weight is 389 g/mol. The van der Waals surface area contributed by atoms with Gasteiger partial charge in [0.2, 0.25) is 5.91 Å². The van der Waals surface area contributed by atoms with Crippen LogP contribution in [0.25, 0.3) is 0 Å². The van der Waals surface area contributed by atoms with E-state index >= 15 is 0 Å². The quantitative estimate of drug-likeness (QED) is 0.475. The molecule has 1 fully saturated rings. The molecule has 0 aromatic carbocycles. The van der Waals surface area contributed by atoms with E-state index in [1.54, 1.807) is 13.8 Å². The topological polar surface area (TPSA) is 126 Å². The normalized spacial score (nSPS) is 27.6. The average Bonchev–Trinajstić information content (AvgIpc) is 2.49. The molecule has 1 aliphatic heterocycles. The Morgan fingerprint density at radius 1 is 0.926 bits per heavy atom. The van der Waals surface area contributed by atoms with Gasteiger partial charge in [-0.25, -0.2) is 0 Å². The van der Waals surface area contributed by atoms with Crippen LogP contribution in [0.2, 0.25) is 0 Å². The molecule has 0 aromatic heterocycles. The summed E-state index contributed by atoms with van der Waals surface area (Å²) in [6, 6.07) is -0.938. The molecule has 0 aliphatic carbocycles. The molecule has 0 radical (unpaired) electrons. The Kier molecular flexibility index (Phi) is 8.64. The molecule has 0 saturated carbocycles. The number of hydrogen-bond acceptors (Lipinski definition) is 9. The summed E-state index contributed by atoms with van der Waals surface area (Å²) in [5.41, 5.74) is 0. The molecule has 10 heteroatoms. The predicted octanol–water partition coefficient (Wildman–Crippen LogP) is 0.0675. The van der Waals surface area contributed by atoms with Gasteiger partial charge in [0.15, 0.2) is 18.5 Å². The van der Waals surface area contributed by atoms with E-state index in [1.807, 2.05) is 0 Å². The number of hydrogen-bond donors (Lipinski definition) is 1. The van der Waals surface area contributed by atoms with Crippen molar-refractivity contribution in [3.63, 3.8) is 0 Å². The van der Waals surface area contributed by atoms with Crippen LogP contribution in [0, 0.1) is 0 Å². The fraction of sp³-hybridized carbons (Fsp3) is 0.765. The van der Waals surface area contributed by atoms with E-state index in [4.69, 9.17) is 23.7 Å². The fourth-order valence-electron chi connectivity index (χ4n) is 2.68. The van der Waals surface area contributed by atoms with Gasteiger partial charge in [-0.05, 0) is 13.8 Å². The lowest BCUT2D eigenvalue weighted by molar-refractivity contribution is -0.285. The maximum Gasteiger partial charge on any atom is 0.303 e. The zero-order valence-corrected chi connectivity index (χ0v) is 16.3. The van der Waals surface area contributed by atoms with Crippen LogP contribution < -0.4 is 5.32 Å². The molecule has 10 nitrogen and oxygen atoms in total. The Morgan fingerprint density at radius 3 is 1.93 bits per heavy atom. The zero-order chi connectivity index (χ0) is 20.7. The summed E-state index contributed by atoms with van der Waals surface area (Å²) in [7, 11) is 0. The first-order chi connectivity index (χ1) is 12.5. The molecule has 0 aromatic rings. The molecule has 1 N–H and O–H groups in total. The largest absolute Gasteiger partial charge is 0.463 e. The highest BCUT2D eigenvalue weighted by Gasteiger charge is 2.51. The van der Waals surface area contributed by atoms with Crippen molar-refractivity contribution >= 4 is 23.8 Å². The number of rotatable bonds is 7. The molecule has 1 amide bonds. The smallest absolute Gasteiger partial charge is 0.303 e. The van der Waals surface area contributed by atoms with Gasteiger partial charge in [-0.3, -0.25) is 19.2 Å². The van der Waals surface area contributed by atoms with Crippen molar-refractivity contribution in [2.45, 2.75) is 78.3 Å². The third-order valence-corrected chi connectivity index (χ3v) is 3.48. The van der Waals surface area contributed by atoms with Crippen LogP contribution in [0.4, 0.5) is 0 Å². The third kappa shape index (κ3) is 7.51. The Labute approximate surface area is 157 Å². The van der Waals surface area contributed by atoms with Crippen LogP contribution in [0.3, 0.4) is 0 Å². The first-order valence-electron chi connectivity index (χ1n) is 8.57. The summed E-state index contributed by atoms with van der Waals surface area (Å²) < 4.78 is 27.1. The maximum absolute atomic E-state index is 11.7. The number of carbonyl (C=O) groups excluding carboxylic acids is 4. The molecule has 27 heavy (non-hydrogen) atoms. The van der Waals surface area contributed by atoms with Gasteiger partial charge < -0.3 is 29.0 Å². The van der Waals surface area contributed by atoms with Gasteiger partial charge in [0, 0.05) is 27.7 Å². The van der Waals surface area contributed by atoms with Crippen molar-refractivity contribution in [3.8, 4) is 0 Å². The highest BCUT2D eigenvalue weighted by molar-refractivity contribution is 5.73. The van der Waals surface area contributed by atoms with Crippen LogP contribution in [-0.4, -0.2) is 67.2 Å². The maximum atomic E-state index is 11.7. The summed E-state index contributed by atoms with van der Waals surface area (Å²) in [5, 5.41) is 2.62. The molecule has 1 saturated heterocycles. The van der Waals surface area contributed by atoms with Gasteiger partial charge in [0.1, 0.15) is 18.8 Å². The van der Waals surface area contributed by atoms with Crippen molar-refractivity contribution in [3.05, 3.63) is 0 Å². The minimum Gasteiger partial charge on any atom is -0.463 e. The summed E-state index contributed by atoms with van der Waals surface area (Å²) in [6.07, 6.45) is -4.49. The summed E-state index contributed by atoms with van der Waals surface area (Å²) >= 11 is 0. The molecule has 0 spiro atoms. The van der Waals surface area contributed by atoms with E-state index < -0.39 is 54.5 Å². The summed E-state index contributed by atoms with van der Waals surface area (Å²) in [5.74, 6) is -2.28. The third-order valence-electron chi connectivity index (χ3n) is 3.48. The number of amides is 1. The van der Waals surface area contributed by atoms with Crippen LogP contribution in [0.15, 0.2) is 0 Å². The van der Waals surface area contributed by atoms with E-state index in [9.17, 15) is 19.2 Å². The molecule has 0 bridgehead atoms. The van der Waals surface area contributed by atoms with Gasteiger partial charge in [-0.2, -0.15) is 0 Å². The van der Waals surface area contributed by atoms with Gasteiger partial charge in [-0.15, -0.1) is 0 Å². The van der Waals surface area contributed by atoms with E-state index in [1.165, 1.54) is 27.7 Å². The van der Waals surface area contributed by atoms with Crippen LogP contribution >= 0.6 is 0 Å². The molecule has 5 atom stereocenters. The highest BCUT2D eigenvalue weighted by atomic mass is 16.7. The number of nitrogens with one attached hydrogen (secondary N) is 1. The molecular formula is C17H27NO9. The van der Waals surface area contributed by atoms with Crippen molar-refractivity contribution in [2.24, 2.45) is 0 Å². The lowest BCUT2D eigenvalue weighted by Crippen LogP contribution is -2.66. The van der Waals surface area contributed by atoms with E-state index in [-0.39, 0.29) is 12.7 Å². The lowest BCUT2D eigenvalue weighted by atomic mass is 9.96. The highest BCUT2D eigenvalue weighted by Crippen LogP contribution is 2.28. The molecule has 2 unspecified atom stereocenters.